The van der Waals surface area contributed by atoms with Gasteiger partial charge in [0.25, 0.3) is 0 Å². The summed E-state index contributed by atoms with van der Waals surface area (Å²) in [7, 11) is 0. The van der Waals surface area contributed by atoms with Crippen LogP contribution in [0, 0.1) is 13.8 Å². The average molecular weight is 348 g/mol. The summed E-state index contributed by atoms with van der Waals surface area (Å²) in [6.07, 6.45) is 0.354. The lowest BCUT2D eigenvalue weighted by molar-refractivity contribution is -0.119. The molecule has 3 rings (SSSR count). The molecule has 0 fully saturated rings. The highest BCUT2D eigenvalue weighted by Crippen LogP contribution is 2.22. The summed E-state index contributed by atoms with van der Waals surface area (Å²) < 4.78 is 2.14. The summed E-state index contributed by atoms with van der Waals surface area (Å²) >= 11 is 7.55. The van der Waals surface area contributed by atoms with Crippen molar-refractivity contribution >= 4 is 34.4 Å². The summed E-state index contributed by atoms with van der Waals surface area (Å²) in [5, 5.41) is 4.33. The molecule has 2 aromatic rings. The van der Waals surface area contributed by atoms with Gasteiger partial charge >= 0.3 is 0 Å². The molecule has 0 saturated carbocycles. The van der Waals surface area contributed by atoms with Gasteiger partial charge in [-0.3, -0.25) is 9.79 Å². The van der Waals surface area contributed by atoms with Gasteiger partial charge in [0.1, 0.15) is 0 Å². The van der Waals surface area contributed by atoms with Crippen molar-refractivity contribution in [2.75, 3.05) is 12.3 Å². The number of nitrogens with zero attached hydrogens (tertiary/aromatic N) is 2. The highest BCUT2D eigenvalue weighted by molar-refractivity contribution is 8.14. The molecule has 4 nitrogen and oxygen atoms in total. The fourth-order valence-corrected chi connectivity index (χ4v) is 3.61. The predicted octanol–water partition coefficient (Wildman–Crippen LogP) is 3.51. The van der Waals surface area contributed by atoms with Gasteiger partial charge in [0.05, 0.1) is 13.0 Å². The third-order valence-electron chi connectivity index (χ3n) is 3.80. The summed E-state index contributed by atoms with van der Waals surface area (Å²) in [6.45, 7) is 4.86. The maximum atomic E-state index is 12.2. The van der Waals surface area contributed by atoms with Crippen molar-refractivity contribution in [1.29, 1.82) is 0 Å². The zero-order valence-electron chi connectivity index (χ0n) is 13.1. The molecule has 0 aliphatic carbocycles. The van der Waals surface area contributed by atoms with E-state index in [4.69, 9.17) is 11.6 Å². The number of halogens is 1. The first-order chi connectivity index (χ1) is 11.0. The minimum atomic E-state index is -0.0190. The van der Waals surface area contributed by atoms with Crippen LogP contribution >= 0.6 is 23.4 Å². The van der Waals surface area contributed by atoms with E-state index in [0.29, 0.717) is 11.4 Å². The minimum Gasteiger partial charge on any atom is -0.318 e. The standard InChI is InChI=1S/C17H18ClN3OS/c1-11-9-13(10-16(22)20-17-19-7-8-23-17)12(2)21(11)15-5-3-14(18)4-6-15/h3-6,9H,7-8,10H2,1-2H3,(H,19,20,22). The number of hydrogen-bond acceptors (Lipinski definition) is 3. The van der Waals surface area contributed by atoms with E-state index in [2.05, 4.69) is 20.9 Å². The Morgan fingerprint density at radius 1 is 1.35 bits per heavy atom. The molecule has 1 aliphatic heterocycles. The fraction of sp³-hybridized carbons (Fsp3) is 0.294. The number of carbonyl (C=O) groups excluding carboxylic acids is 1. The van der Waals surface area contributed by atoms with Crippen LogP contribution in [0.5, 0.6) is 0 Å². The first kappa shape index (κ1) is 16.1. The van der Waals surface area contributed by atoms with Gasteiger partial charge < -0.3 is 9.88 Å². The highest BCUT2D eigenvalue weighted by Gasteiger charge is 2.16. The van der Waals surface area contributed by atoms with Crippen molar-refractivity contribution in [3.05, 3.63) is 52.3 Å². The first-order valence-corrected chi connectivity index (χ1v) is 8.82. The minimum absolute atomic E-state index is 0.0190. The summed E-state index contributed by atoms with van der Waals surface area (Å²) in [6, 6.07) is 9.77. The van der Waals surface area contributed by atoms with Crippen LogP contribution in [0.1, 0.15) is 17.0 Å². The molecular formula is C17H18ClN3OS. The Balaban J connectivity index is 1.80. The number of aromatic nitrogens is 1. The van der Waals surface area contributed by atoms with Crippen LogP contribution in [-0.4, -0.2) is 27.9 Å². The second kappa shape index (κ2) is 6.81. The van der Waals surface area contributed by atoms with Gasteiger partial charge in [-0.05, 0) is 49.7 Å². The smallest absolute Gasteiger partial charge is 0.230 e. The van der Waals surface area contributed by atoms with Gasteiger partial charge in [0, 0.05) is 27.9 Å². The highest BCUT2D eigenvalue weighted by atomic mass is 35.5. The SMILES string of the molecule is Cc1cc(CC(=O)NC2=NCCS2)c(C)n1-c1ccc(Cl)cc1. The van der Waals surface area contributed by atoms with E-state index < -0.39 is 0 Å². The Morgan fingerprint density at radius 3 is 2.74 bits per heavy atom. The summed E-state index contributed by atoms with van der Waals surface area (Å²) in [5.41, 5.74) is 4.24. The number of amidine groups is 1. The largest absolute Gasteiger partial charge is 0.318 e. The molecule has 1 aromatic heterocycles. The van der Waals surface area contributed by atoms with Gasteiger partial charge in [0.2, 0.25) is 5.91 Å². The number of hydrogen-bond donors (Lipinski definition) is 1. The molecule has 1 amide bonds. The monoisotopic (exact) mass is 347 g/mol. The molecule has 1 aliphatic rings. The van der Waals surface area contributed by atoms with Crippen molar-refractivity contribution < 1.29 is 4.79 Å². The zero-order valence-corrected chi connectivity index (χ0v) is 14.7. The lowest BCUT2D eigenvalue weighted by Gasteiger charge is -2.10. The molecule has 120 valence electrons. The van der Waals surface area contributed by atoms with E-state index in [1.165, 1.54) is 0 Å². The summed E-state index contributed by atoms with van der Waals surface area (Å²) in [5.74, 6) is 0.926. The molecule has 23 heavy (non-hydrogen) atoms. The Hall–Kier alpha value is -1.72. The van der Waals surface area contributed by atoms with E-state index in [1.807, 2.05) is 38.1 Å². The van der Waals surface area contributed by atoms with E-state index in [1.54, 1.807) is 11.8 Å². The fourth-order valence-electron chi connectivity index (χ4n) is 2.74. The van der Waals surface area contributed by atoms with E-state index >= 15 is 0 Å². The maximum absolute atomic E-state index is 12.2. The molecular weight excluding hydrogens is 330 g/mol. The number of carbonyl (C=O) groups is 1. The molecule has 0 unspecified atom stereocenters. The Labute approximate surface area is 144 Å². The molecule has 6 heteroatoms. The predicted molar refractivity (Wildman–Crippen MR) is 96.9 cm³/mol. The molecule has 0 bridgehead atoms. The van der Waals surface area contributed by atoms with Crippen LogP contribution in [0.3, 0.4) is 0 Å². The van der Waals surface area contributed by atoms with Crippen molar-refractivity contribution in [3.63, 3.8) is 0 Å². The number of aryl methyl sites for hydroxylation is 1. The van der Waals surface area contributed by atoms with Crippen LogP contribution in [0.4, 0.5) is 0 Å². The van der Waals surface area contributed by atoms with Crippen LogP contribution in [0.2, 0.25) is 5.02 Å². The molecule has 1 aromatic carbocycles. The second-order valence-corrected chi connectivity index (χ2v) is 6.99. The van der Waals surface area contributed by atoms with Gasteiger partial charge in [-0.15, -0.1) is 0 Å². The molecule has 0 radical (unpaired) electrons. The lowest BCUT2D eigenvalue weighted by Crippen LogP contribution is -2.28. The van der Waals surface area contributed by atoms with Crippen molar-refractivity contribution in [2.24, 2.45) is 4.99 Å². The molecule has 1 N–H and O–H groups in total. The van der Waals surface area contributed by atoms with Crippen molar-refractivity contribution in [1.82, 2.24) is 9.88 Å². The molecule has 0 saturated heterocycles. The van der Waals surface area contributed by atoms with Crippen molar-refractivity contribution in [2.45, 2.75) is 20.3 Å². The Kier molecular flexibility index (Phi) is 4.78. The van der Waals surface area contributed by atoms with Crippen molar-refractivity contribution in [3.8, 4) is 5.69 Å². The lowest BCUT2D eigenvalue weighted by atomic mass is 10.1. The maximum Gasteiger partial charge on any atom is 0.230 e. The Bertz CT molecular complexity index is 765. The molecule has 0 atom stereocenters. The second-order valence-electron chi connectivity index (χ2n) is 5.47. The summed E-state index contributed by atoms with van der Waals surface area (Å²) in [4.78, 5) is 16.4. The quantitative estimate of drug-likeness (QED) is 0.923. The van der Waals surface area contributed by atoms with E-state index in [-0.39, 0.29) is 5.91 Å². The Morgan fingerprint density at radius 2 is 2.09 bits per heavy atom. The number of thioether (sulfide) groups is 1. The number of amides is 1. The first-order valence-electron chi connectivity index (χ1n) is 7.45. The number of nitrogens with one attached hydrogen (secondary N) is 1. The van der Waals surface area contributed by atoms with E-state index in [9.17, 15) is 4.79 Å². The van der Waals surface area contributed by atoms with Gasteiger partial charge in [-0.25, -0.2) is 0 Å². The third kappa shape index (κ3) is 3.62. The molecule has 0 spiro atoms. The van der Waals surface area contributed by atoms with Gasteiger partial charge in [-0.2, -0.15) is 0 Å². The average Bonchev–Trinajstić information content (AvgIpc) is 3.10. The molecule has 2 heterocycles. The van der Waals surface area contributed by atoms with Crippen LogP contribution in [0.25, 0.3) is 5.69 Å². The topological polar surface area (TPSA) is 46.4 Å². The van der Waals surface area contributed by atoms with Gasteiger partial charge in [-0.1, -0.05) is 23.4 Å². The van der Waals surface area contributed by atoms with Gasteiger partial charge in [0.15, 0.2) is 5.17 Å². The van der Waals surface area contributed by atoms with E-state index in [0.717, 1.165) is 40.1 Å². The number of benzene rings is 1. The third-order valence-corrected chi connectivity index (χ3v) is 4.95. The van der Waals surface area contributed by atoms with Crippen LogP contribution in [0.15, 0.2) is 35.3 Å². The van der Waals surface area contributed by atoms with Crippen LogP contribution < -0.4 is 5.32 Å². The number of rotatable bonds is 3. The number of aliphatic imine (C=N–C) groups is 1. The van der Waals surface area contributed by atoms with Crippen LogP contribution in [-0.2, 0) is 11.2 Å². The zero-order chi connectivity index (χ0) is 16.4. The normalized spacial score (nSPS) is 14.0.